The first-order chi connectivity index (χ1) is 6.76. The van der Waals surface area contributed by atoms with E-state index in [1.54, 1.807) is 6.20 Å². The third kappa shape index (κ3) is 3.40. The maximum Gasteiger partial charge on any atom is 0.164 e. The topological polar surface area (TPSA) is 22.1 Å². The standard InChI is InChI=1S/C11H18BNO/c1-3-5-9(4-2)14-10-6-7-13-11(12)8-10/h6-9H,3-5,12H2,1-2H3. The Morgan fingerprint density at radius 2 is 2.29 bits per heavy atom. The van der Waals surface area contributed by atoms with Crippen LogP contribution in [-0.2, 0) is 0 Å². The SMILES string of the molecule is Bc1cc(OC(CC)CCC)ccn1. The molecular weight excluding hydrogens is 173 g/mol. The van der Waals surface area contributed by atoms with Gasteiger partial charge in [0, 0.05) is 6.20 Å². The van der Waals surface area contributed by atoms with Gasteiger partial charge in [0.1, 0.15) is 5.75 Å². The molecule has 0 aliphatic rings. The molecule has 0 aliphatic carbocycles. The minimum atomic E-state index is 0.349. The van der Waals surface area contributed by atoms with Gasteiger partial charge < -0.3 is 4.74 Å². The van der Waals surface area contributed by atoms with Gasteiger partial charge in [0.2, 0.25) is 0 Å². The largest absolute Gasteiger partial charge is 0.490 e. The molecule has 76 valence electrons. The van der Waals surface area contributed by atoms with Crippen LogP contribution in [0.4, 0.5) is 0 Å². The summed E-state index contributed by atoms with van der Waals surface area (Å²) < 4.78 is 5.84. The van der Waals surface area contributed by atoms with Crippen LogP contribution in [0, 0.1) is 0 Å². The number of hydrogen-bond donors (Lipinski definition) is 0. The Bertz CT molecular complexity index is 278. The molecule has 1 aromatic heterocycles. The maximum atomic E-state index is 5.84. The lowest BCUT2D eigenvalue weighted by Crippen LogP contribution is -2.16. The molecule has 1 rings (SSSR count). The zero-order chi connectivity index (χ0) is 10.4. The van der Waals surface area contributed by atoms with Gasteiger partial charge in [-0.25, -0.2) is 0 Å². The summed E-state index contributed by atoms with van der Waals surface area (Å²) in [7, 11) is 1.98. The van der Waals surface area contributed by atoms with Crippen molar-refractivity contribution in [3.05, 3.63) is 18.3 Å². The molecule has 0 bridgehead atoms. The van der Waals surface area contributed by atoms with Crippen molar-refractivity contribution in [2.45, 2.75) is 39.2 Å². The van der Waals surface area contributed by atoms with Crippen LogP contribution < -0.4 is 10.3 Å². The monoisotopic (exact) mass is 191 g/mol. The second-order valence-electron chi connectivity index (χ2n) is 3.57. The second-order valence-corrected chi connectivity index (χ2v) is 3.57. The highest BCUT2D eigenvalue weighted by Crippen LogP contribution is 2.13. The molecule has 0 amide bonds. The van der Waals surface area contributed by atoms with Crippen LogP contribution in [0.25, 0.3) is 0 Å². The minimum Gasteiger partial charge on any atom is -0.490 e. The zero-order valence-electron chi connectivity index (χ0n) is 9.29. The molecule has 1 heterocycles. The Hall–Kier alpha value is -0.985. The number of hydrogen-bond acceptors (Lipinski definition) is 2. The molecule has 0 spiro atoms. The van der Waals surface area contributed by atoms with Crippen LogP contribution in [0.3, 0.4) is 0 Å². The molecule has 0 saturated carbocycles. The molecule has 3 heteroatoms. The lowest BCUT2D eigenvalue weighted by molar-refractivity contribution is 0.186. The molecule has 1 aromatic rings. The van der Waals surface area contributed by atoms with Gasteiger partial charge in [0.25, 0.3) is 0 Å². The highest BCUT2D eigenvalue weighted by Gasteiger charge is 2.06. The molecular formula is C11H18BNO. The normalized spacial score (nSPS) is 12.4. The predicted octanol–water partition coefficient (Wildman–Crippen LogP) is 1.30. The van der Waals surface area contributed by atoms with E-state index in [-0.39, 0.29) is 0 Å². The number of aromatic nitrogens is 1. The number of rotatable bonds is 5. The zero-order valence-corrected chi connectivity index (χ0v) is 9.29. The van der Waals surface area contributed by atoms with Gasteiger partial charge in [-0.1, -0.05) is 20.3 Å². The fourth-order valence-corrected chi connectivity index (χ4v) is 1.45. The van der Waals surface area contributed by atoms with Crippen LogP contribution in [0.5, 0.6) is 5.75 Å². The van der Waals surface area contributed by atoms with Gasteiger partial charge in [-0.3, -0.25) is 4.98 Å². The molecule has 0 radical (unpaired) electrons. The first-order valence-electron chi connectivity index (χ1n) is 5.35. The Morgan fingerprint density at radius 1 is 1.50 bits per heavy atom. The van der Waals surface area contributed by atoms with E-state index in [4.69, 9.17) is 4.74 Å². The van der Waals surface area contributed by atoms with Crippen LogP contribution in [-0.4, -0.2) is 18.9 Å². The van der Waals surface area contributed by atoms with Gasteiger partial charge >= 0.3 is 0 Å². The van der Waals surface area contributed by atoms with Crippen molar-refractivity contribution in [2.75, 3.05) is 0 Å². The van der Waals surface area contributed by atoms with Crippen molar-refractivity contribution in [1.29, 1.82) is 0 Å². The smallest absolute Gasteiger partial charge is 0.164 e. The minimum absolute atomic E-state index is 0.349. The van der Waals surface area contributed by atoms with E-state index in [1.165, 1.54) is 6.42 Å². The highest BCUT2D eigenvalue weighted by atomic mass is 16.5. The molecule has 0 fully saturated rings. The van der Waals surface area contributed by atoms with Crippen molar-refractivity contribution in [3.8, 4) is 5.75 Å². The highest BCUT2D eigenvalue weighted by molar-refractivity contribution is 6.30. The molecule has 1 unspecified atom stereocenters. The first-order valence-corrected chi connectivity index (χ1v) is 5.35. The third-order valence-corrected chi connectivity index (χ3v) is 2.24. The Kier molecular flexibility index (Phi) is 4.50. The average Bonchev–Trinajstić information content (AvgIpc) is 2.17. The van der Waals surface area contributed by atoms with E-state index in [2.05, 4.69) is 18.8 Å². The summed E-state index contributed by atoms with van der Waals surface area (Å²) in [5.41, 5.74) is 1.01. The van der Waals surface area contributed by atoms with Crippen LogP contribution >= 0.6 is 0 Å². The van der Waals surface area contributed by atoms with E-state index >= 15 is 0 Å². The quantitative estimate of drug-likeness (QED) is 0.654. The van der Waals surface area contributed by atoms with Crippen LogP contribution in [0.2, 0.25) is 0 Å². The summed E-state index contributed by atoms with van der Waals surface area (Å²) in [6, 6.07) is 3.91. The van der Waals surface area contributed by atoms with Crippen molar-refractivity contribution in [2.24, 2.45) is 0 Å². The summed E-state index contributed by atoms with van der Waals surface area (Å²) in [4.78, 5) is 4.14. The van der Waals surface area contributed by atoms with Gasteiger partial charge in [0.05, 0.1) is 6.10 Å². The number of ether oxygens (including phenoxy) is 1. The molecule has 0 N–H and O–H groups in total. The fraction of sp³-hybridized carbons (Fsp3) is 0.545. The van der Waals surface area contributed by atoms with Gasteiger partial charge in [-0.2, -0.15) is 0 Å². The second kappa shape index (κ2) is 5.68. The summed E-state index contributed by atoms with van der Waals surface area (Å²) in [6.07, 6.45) is 5.50. The maximum absolute atomic E-state index is 5.84. The first kappa shape index (κ1) is 11.1. The summed E-state index contributed by atoms with van der Waals surface area (Å²) in [6.45, 7) is 4.35. The number of pyridine rings is 1. The summed E-state index contributed by atoms with van der Waals surface area (Å²) in [5.74, 6) is 0.942. The summed E-state index contributed by atoms with van der Waals surface area (Å²) in [5, 5.41) is 0. The Morgan fingerprint density at radius 3 is 2.86 bits per heavy atom. The summed E-state index contributed by atoms with van der Waals surface area (Å²) >= 11 is 0. The van der Waals surface area contributed by atoms with Gasteiger partial charge in [-0.05, 0) is 30.6 Å². The van der Waals surface area contributed by atoms with Gasteiger partial charge in [-0.15, -0.1) is 0 Å². The fourth-order valence-electron chi connectivity index (χ4n) is 1.45. The predicted molar refractivity (Wildman–Crippen MR) is 62.0 cm³/mol. The number of nitrogens with zero attached hydrogens (tertiary/aromatic N) is 1. The van der Waals surface area contributed by atoms with Crippen molar-refractivity contribution >= 4 is 13.4 Å². The molecule has 14 heavy (non-hydrogen) atoms. The molecule has 1 atom stereocenters. The van der Waals surface area contributed by atoms with Crippen molar-refractivity contribution in [1.82, 2.24) is 4.98 Å². The van der Waals surface area contributed by atoms with Crippen molar-refractivity contribution < 1.29 is 4.74 Å². The van der Waals surface area contributed by atoms with E-state index in [1.807, 2.05) is 20.0 Å². The van der Waals surface area contributed by atoms with Crippen molar-refractivity contribution in [3.63, 3.8) is 0 Å². The lowest BCUT2D eigenvalue weighted by Gasteiger charge is -2.16. The van der Waals surface area contributed by atoms with E-state index < -0.39 is 0 Å². The molecule has 0 saturated heterocycles. The Labute approximate surface area is 87.1 Å². The van der Waals surface area contributed by atoms with E-state index in [0.29, 0.717) is 6.10 Å². The van der Waals surface area contributed by atoms with Gasteiger partial charge in [0.15, 0.2) is 7.85 Å². The molecule has 2 nitrogen and oxygen atoms in total. The van der Waals surface area contributed by atoms with E-state index in [0.717, 1.165) is 24.2 Å². The van der Waals surface area contributed by atoms with E-state index in [9.17, 15) is 0 Å². The lowest BCUT2D eigenvalue weighted by atomic mass is 10.0. The Balaban J connectivity index is 2.57. The average molecular weight is 191 g/mol. The van der Waals surface area contributed by atoms with Crippen LogP contribution in [0.1, 0.15) is 33.1 Å². The third-order valence-electron chi connectivity index (χ3n) is 2.24. The van der Waals surface area contributed by atoms with Crippen LogP contribution in [0.15, 0.2) is 18.3 Å². The molecule has 0 aliphatic heterocycles. The molecule has 0 aromatic carbocycles.